The molecule has 0 heterocycles. The quantitative estimate of drug-likeness (QED) is 0.902. The number of ether oxygens (including phenoxy) is 1. The summed E-state index contributed by atoms with van der Waals surface area (Å²) in [5.74, 6) is 0.354. The second-order valence-corrected chi connectivity index (χ2v) is 4.25. The molecule has 0 aliphatic heterocycles. The van der Waals surface area contributed by atoms with Gasteiger partial charge in [-0.25, -0.2) is 4.39 Å². The first-order valence-electron chi connectivity index (χ1n) is 5.56. The fourth-order valence-electron chi connectivity index (χ4n) is 1.61. The van der Waals surface area contributed by atoms with Crippen molar-refractivity contribution in [1.29, 1.82) is 0 Å². The molecule has 0 aliphatic carbocycles. The highest BCUT2D eigenvalue weighted by Gasteiger charge is 2.08. The van der Waals surface area contributed by atoms with Crippen LogP contribution in [0.1, 0.15) is 5.56 Å². The Kier molecular flexibility index (Phi) is 4.18. The van der Waals surface area contributed by atoms with Crippen molar-refractivity contribution >= 4 is 11.6 Å². The van der Waals surface area contributed by atoms with Crippen LogP contribution < -0.4 is 10.1 Å². The summed E-state index contributed by atoms with van der Waals surface area (Å²) >= 11 is 5.93. The molecule has 0 radical (unpaired) electrons. The molecule has 2 aromatic rings. The van der Waals surface area contributed by atoms with Gasteiger partial charge >= 0.3 is 0 Å². The fraction of sp³-hybridized carbons (Fsp3) is 0.143. The normalized spacial score (nSPS) is 10.4. The topological polar surface area (TPSA) is 21.3 Å². The lowest BCUT2D eigenvalue weighted by Gasteiger charge is -2.11. The summed E-state index contributed by atoms with van der Waals surface area (Å²) in [6.45, 7) is 0.626. The predicted molar refractivity (Wildman–Crippen MR) is 70.7 cm³/mol. The lowest BCUT2D eigenvalue weighted by Crippen LogP contribution is -2.06. The van der Waals surface area contributed by atoms with Crippen LogP contribution in [-0.2, 0) is 6.54 Å². The molecule has 0 amide bonds. The van der Waals surface area contributed by atoms with E-state index >= 15 is 0 Å². The van der Waals surface area contributed by atoms with Gasteiger partial charge in [-0.2, -0.15) is 0 Å². The maximum atomic E-state index is 13.5. The summed E-state index contributed by atoms with van der Waals surface area (Å²) in [7, 11) is 1.83. The van der Waals surface area contributed by atoms with E-state index in [4.69, 9.17) is 16.3 Å². The maximum absolute atomic E-state index is 13.5. The molecule has 94 valence electrons. The summed E-state index contributed by atoms with van der Waals surface area (Å²) < 4.78 is 19.1. The van der Waals surface area contributed by atoms with Crippen molar-refractivity contribution in [3.63, 3.8) is 0 Å². The second kappa shape index (κ2) is 5.85. The van der Waals surface area contributed by atoms with Gasteiger partial charge in [-0.1, -0.05) is 29.8 Å². The third-order valence-electron chi connectivity index (χ3n) is 2.45. The summed E-state index contributed by atoms with van der Waals surface area (Å²) in [5, 5.41) is 3.58. The Morgan fingerprint density at radius 1 is 1.17 bits per heavy atom. The van der Waals surface area contributed by atoms with E-state index in [0.717, 1.165) is 5.56 Å². The molecular formula is C14H13ClFNO. The van der Waals surface area contributed by atoms with Crippen molar-refractivity contribution in [1.82, 2.24) is 5.32 Å². The Bertz CT molecular complexity index is 545. The molecule has 0 saturated carbocycles. The minimum atomic E-state index is -0.395. The lowest BCUT2D eigenvalue weighted by atomic mass is 10.2. The highest BCUT2D eigenvalue weighted by molar-refractivity contribution is 6.30. The van der Waals surface area contributed by atoms with E-state index in [1.54, 1.807) is 30.3 Å². The van der Waals surface area contributed by atoms with Crippen LogP contribution in [0.3, 0.4) is 0 Å². The van der Waals surface area contributed by atoms with Gasteiger partial charge in [0.25, 0.3) is 0 Å². The van der Waals surface area contributed by atoms with Crippen molar-refractivity contribution in [2.75, 3.05) is 7.05 Å². The molecule has 0 bridgehead atoms. The van der Waals surface area contributed by atoms with Crippen LogP contribution >= 0.6 is 11.6 Å². The molecule has 0 aliphatic rings. The van der Waals surface area contributed by atoms with E-state index in [1.165, 1.54) is 6.07 Å². The largest absolute Gasteiger partial charge is 0.454 e. The molecular weight excluding hydrogens is 253 g/mol. The first-order valence-corrected chi connectivity index (χ1v) is 5.94. The standard InChI is InChI=1S/C14H13ClFNO/c1-17-9-10-6-7-11(15)8-14(10)18-13-5-3-2-4-12(13)16/h2-8,17H,9H2,1H3. The number of nitrogens with one attached hydrogen (secondary N) is 1. The number of halogens is 2. The Labute approximate surface area is 110 Å². The van der Waals surface area contributed by atoms with Gasteiger partial charge in [0.1, 0.15) is 5.75 Å². The Morgan fingerprint density at radius 2 is 1.94 bits per heavy atom. The van der Waals surface area contributed by atoms with Gasteiger partial charge in [0.2, 0.25) is 0 Å². The third-order valence-corrected chi connectivity index (χ3v) is 2.69. The average molecular weight is 266 g/mol. The molecule has 1 N–H and O–H groups in total. The Hall–Kier alpha value is -1.58. The number of rotatable bonds is 4. The fourth-order valence-corrected chi connectivity index (χ4v) is 1.77. The van der Waals surface area contributed by atoms with Crippen LogP contribution in [0.15, 0.2) is 42.5 Å². The minimum absolute atomic E-state index is 0.192. The molecule has 0 fully saturated rings. The zero-order valence-corrected chi connectivity index (χ0v) is 10.7. The van der Waals surface area contributed by atoms with Crippen molar-refractivity contribution in [3.8, 4) is 11.5 Å². The number of hydrogen-bond donors (Lipinski definition) is 1. The van der Waals surface area contributed by atoms with Gasteiger partial charge in [0.05, 0.1) is 0 Å². The molecule has 2 nitrogen and oxygen atoms in total. The predicted octanol–water partition coefficient (Wildman–Crippen LogP) is 3.99. The second-order valence-electron chi connectivity index (χ2n) is 3.81. The summed E-state index contributed by atoms with van der Waals surface area (Å²) in [6, 6.07) is 11.6. The molecule has 4 heteroatoms. The minimum Gasteiger partial charge on any atom is -0.454 e. The van der Waals surface area contributed by atoms with Crippen LogP contribution in [-0.4, -0.2) is 7.05 Å². The van der Waals surface area contributed by atoms with E-state index in [9.17, 15) is 4.39 Å². The molecule has 0 saturated heterocycles. The molecule has 18 heavy (non-hydrogen) atoms. The van der Waals surface area contributed by atoms with E-state index in [1.807, 2.05) is 13.1 Å². The molecule has 0 aromatic heterocycles. The summed E-state index contributed by atoms with van der Waals surface area (Å²) in [4.78, 5) is 0. The van der Waals surface area contributed by atoms with E-state index in [0.29, 0.717) is 17.3 Å². The number of benzene rings is 2. The van der Waals surface area contributed by atoms with Crippen LogP contribution in [0.5, 0.6) is 11.5 Å². The van der Waals surface area contributed by atoms with Crippen molar-refractivity contribution < 1.29 is 9.13 Å². The Balaban J connectivity index is 2.33. The van der Waals surface area contributed by atoms with Crippen molar-refractivity contribution in [3.05, 3.63) is 58.9 Å². The zero-order valence-electron chi connectivity index (χ0n) is 9.91. The summed E-state index contributed by atoms with van der Waals surface area (Å²) in [6.07, 6.45) is 0. The van der Waals surface area contributed by atoms with Crippen LogP contribution in [0, 0.1) is 5.82 Å². The van der Waals surface area contributed by atoms with E-state index in [-0.39, 0.29) is 5.75 Å². The first kappa shape index (κ1) is 12.9. The van der Waals surface area contributed by atoms with Gasteiger partial charge in [0, 0.05) is 17.1 Å². The van der Waals surface area contributed by atoms with Crippen molar-refractivity contribution in [2.24, 2.45) is 0 Å². The number of para-hydroxylation sites is 1. The molecule has 2 rings (SSSR count). The highest BCUT2D eigenvalue weighted by Crippen LogP contribution is 2.29. The van der Waals surface area contributed by atoms with Crippen LogP contribution in [0.4, 0.5) is 4.39 Å². The molecule has 2 aromatic carbocycles. The maximum Gasteiger partial charge on any atom is 0.165 e. The van der Waals surface area contributed by atoms with Gasteiger partial charge in [-0.05, 0) is 31.3 Å². The monoisotopic (exact) mass is 265 g/mol. The van der Waals surface area contributed by atoms with Gasteiger partial charge in [0.15, 0.2) is 11.6 Å². The first-order chi connectivity index (χ1) is 8.70. The lowest BCUT2D eigenvalue weighted by molar-refractivity contribution is 0.436. The van der Waals surface area contributed by atoms with Crippen molar-refractivity contribution in [2.45, 2.75) is 6.54 Å². The number of hydrogen-bond acceptors (Lipinski definition) is 2. The smallest absolute Gasteiger partial charge is 0.165 e. The molecule has 0 unspecified atom stereocenters. The van der Waals surface area contributed by atoms with Crippen LogP contribution in [0.2, 0.25) is 5.02 Å². The van der Waals surface area contributed by atoms with Gasteiger partial charge in [-0.3, -0.25) is 0 Å². The Morgan fingerprint density at radius 3 is 2.67 bits per heavy atom. The van der Waals surface area contributed by atoms with Gasteiger partial charge < -0.3 is 10.1 Å². The SMILES string of the molecule is CNCc1ccc(Cl)cc1Oc1ccccc1F. The highest BCUT2D eigenvalue weighted by atomic mass is 35.5. The zero-order chi connectivity index (χ0) is 13.0. The molecule has 0 spiro atoms. The third kappa shape index (κ3) is 3.00. The summed E-state index contributed by atoms with van der Waals surface area (Å²) in [5.41, 5.74) is 0.921. The van der Waals surface area contributed by atoms with Crippen LogP contribution in [0.25, 0.3) is 0 Å². The van der Waals surface area contributed by atoms with Gasteiger partial charge in [-0.15, -0.1) is 0 Å². The average Bonchev–Trinajstić information content (AvgIpc) is 2.36. The molecule has 0 atom stereocenters. The van der Waals surface area contributed by atoms with E-state index in [2.05, 4.69) is 5.32 Å². The van der Waals surface area contributed by atoms with E-state index < -0.39 is 5.82 Å².